The fraction of sp³-hybridized carbons (Fsp3) is 0.0968. The van der Waals surface area contributed by atoms with Crippen LogP contribution >= 0.6 is 0 Å². The molecule has 184 valence electrons. The molecule has 0 bridgehead atoms. The van der Waals surface area contributed by atoms with E-state index in [2.05, 4.69) is 43.0 Å². The van der Waals surface area contributed by atoms with Gasteiger partial charge >= 0.3 is 6.18 Å². The van der Waals surface area contributed by atoms with E-state index in [9.17, 15) is 26.3 Å². The second-order valence-electron chi connectivity index (χ2n) is 8.14. The van der Waals surface area contributed by atoms with E-state index in [0.717, 1.165) is 47.2 Å². The van der Waals surface area contributed by atoms with E-state index < -0.39 is 29.2 Å². The molecule has 6 heteroatoms. The van der Waals surface area contributed by atoms with Gasteiger partial charge in [-0.1, -0.05) is 67.1 Å². The highest BCUT2D eigenvalue weighted by atomic mass is 19.4. The molecule has 0 aromatic heterocycles. The molecule has 0 radical (unpaired) electrons. The number of hydrogen-bond acceptors (Lipinski definition) is 0. The van der Waals surface area contributed by atoms with Crippen molar-refractivity contribution in [2.45, 2.75) is 19.5 Å². The summed E-state index contributed by atoms with van der Waals surface area (Å²) in [6.07, 6.45) is -3.93. The molecule has 0 nitrogen and oxygen atoms in total. The number of rotatable bonds is 3. The Balaban J connectivity index is 1.54. The summed E-state index contributed by atoms with van der Waals surface area (Å²) in [4.78, 5) is 0. The van der Waals surface area contributed by atoms with E-state index in [-0.39, 0.29) is 11.1 Å². The van der Waals surface area contributed by atoms with Crippen molar-refractivity contribution in [1.82, 2.24) is 0 Å². The highest BCUT2D eigenvalue weighted by Gasteiger charge is 2.23. The van der Waals surface area contributed by atoms with Crippen molar-refractivity contribution in [2.75, 3.05) is 0 Å². The monoisotopic (exact) mass is 504 g/mol. The molecule has 0 aliphatic carbocycles. The normalized spacial score (nSPS) is 10.8. The van der Waals surface area contributed by atoms with Crippen LogP contribution in [0.5, 0.6) is 0 Å². The summed E-state index contributed by atoms with van der Waals surface area (Å²) in [5, 5.41) is 0. The first kappa shape index (κ1) is 25.7. The Morgan fingerprint density at radius 1 is 0.595 bits per heavy atom. The van der Waals surface area contributed by atoms with Crippen LogP contribution in [0.1, 0.15) is 29.2 Å². The van der Waals surface area contributed by atoms with E-state index in [1.54, 1.807) is 0 Å². The molecule has 0 heterocycles. The fourth-order valence-corrected chi connectivity index (χ4v) is 3.63. The summed E-state index contributed by atoms with van der Waals surface area (Å²) < 4.78 is 79.9. The lowest BCUT2D eigenvalue weighted by molar-refractivity contribution is -0.0696. The number of alkyl halides is 3. The van der Waals surface area contributed by atoms with Crippen molar-refractivity contribution in [1.29, 1.82) is 0 Å². The molecular formula is C31H18F6. The SMILES string of the molecule is CCc1ccc(-c2ccc(C#Cc3ccc(-c4cc(F)c(C#CC(F)(F)F)c(F)c4)c(F)c3)cc2)cc1. The number of benzene rings is 4. The zero-order valence-electron chi connectivity index (χ0n) is 19.5. The van der Waals surface area contributed by atoms with Gasteiger partial charge in [-0.3, -0.25) is 0 Å². The van der Waals surface area contributed by atoms with E-state index in [1.165, 1.54) is 23.6 Å². The fourth-order valence-electron chi connectivity index (χ4n) is 3.63. The largest absolute Gasteiger partial charge is 0.458 e. The summed E-state index contributed by atoms with van der Waals surface area (Å²) in [7, 11) is 0. The zero-order chi connectivity index (χ0) is 26.6. The van der Waals surface area contributed by atoms with Crippen LogP contribution in [0, 0.1) is 41.1 Å². The van der Waals surface area contributed by atoms with Crippen LogP contribution in [0.3, 0.4) is 0 Å². The molecule has 4 aromatic rings. The topological polar surface area (TPSA) is 0 Å². The van der Waals surface area contributed by atoms with E-state index in [0.29, 0.717) is 5.56 Å². The lowest BCUT2D eigenvalue weighted by Gasteiger charge is -2.07. The molecular weight excluding hydrogens is 486 g/mol. The van der Waals surface area contributed by atoms with Crippen molar-refractivity contribution in [3.63, 3.8) is 0 Å². The Kier molecular flexibility index (Phi) is 7.41. The van der Waals surface area contributed by atoms with Gasteiger partial charge < -0.3 is 0 Å². The number of halogens is 6. The molecule has 0 fully saturated rings. The molecule has 0 spiro atoms. The van der Waals surface area contributed by atoms with Gasteiger partial charge in [0.05, 0.1) is 5.56 Å². The van der Waals surface area contributed by atoms with Gasteiger partial charge in [0.2, 0.25) is 0 Å². The van der Waals surface area contributed by atoms with Gasteiger partial charge in [0.25, 0.3) is 0 Å². The van der Waals surface area contributed by atoms with Crippen LogP contribution in [0.15, 0.2) is 78.9 Å². The quantitative estimate of drug-likeness (QED) is 0.194. The van der Waals surface area contributed by atoms with Crippen LogP contribution in [0.4, 0.5) is 26.3 Å². The van der Waals surface area contributed by atoms with Crippen molar-refractivity contribution >= 4 is 0 Å². The lowest BCUT2D eigenvalue weighted by Crippen LogP contribution is -2.02. The predicted molar refractivity (Wildman–Crippen MR) is 132 cm³/mol. The van der Waals surface area contributed by atoms with Gasteiger partial charge in [0.15, 0.2) is 0 Å². The maximum atomic E-state index is 14.7. The molecule has 0 N–H and O–H groups in total. The average molecular weight is 504 g/mol. The van der Waals surface area contributed by atoms with Crippen LogP contribution in [0.25, 0.3) is 22.3 Å². The third-order valence-electron chi connectivity index (χ3n) is 5.58. The highest BCUT2D eigenvalue weighted by molar-refractivity contribution is 5.67. The molecule has 0 aliphatic rings. The average Bonchev–Trinajstić information content (AvgIpc) is 2.86. The van der Waals surface area contributed by atoms with Crippen LogP contribution in [0.2, 0.25) is 0 Å². The molecule has 0 saturated heterocycles. The van der Waals surface area contributed by atoms with Gasteiger partial charge in [0, 0.05) is 22.6 Å². The van der Waals surface area contributed by atoms with E-state index >= 15 is 0 Å². The van der Waals surface area contributed by atoms with Crippen LogP contribution in [-0.4, -0.2) is 6.18 Å². The summed E-state index contributed by atoms with van der Waals surface area (Å²) in [5.74, 6) is 4.64. The molecule has 0 unspecified atom stereocenters. The molecule has 0 amide bonds. The second-order valence-corrected chi connectivity index (χ2v) is 8.14. The third kappa shape index (κ3) is 6.42. The zero-order valence-corrected chi connectivity index (χ0v) is 19.5. The maximum absolute atomic E-state index is 14.7. The molecule has 4 rings (SSSR count). The third-order valence-corrected chi connectivity index (χ3v) is 5.58. The summed E-state index contributed by atoms with van der Waals surface area (Å²) in [5.41, 5.74) is 3.11. The van der Waals surface area contributed by atoms with Crippen molar-refractivity contribution < 1.29 is 26.3 Å². The van der Waals surface area contributed by atoms with Crippen molar-refractivity contribution in [3.05, 3.63) is 119 Å². The van der Waals surface area contributed by atoms with E-state index in [4.69, 9.17) is 0 Å². The Morgan fingerprint density at radius 3 is 1.68 bits per heavy atom. The Labute approximate surface area is 210 Å². The summed E-state index contributed by atoms with van der Waals surface area (Å²) in [6, 6.07) is 21.3. The minimum Gasteiger partial charge on any atom is -0.206 e. The van der Waals surface area contributed by atoms with Gasteiger partial charge in [-0.2, -0.15) is 13.2 Å². The molecule has 0 saturated carbocycles. The molecule has 37 heavy (non-hydrogen) atoms. The number of aryl methyl sites for hydroxylation is 1. The summed E-state index contributed by atoms with van der Waals surface area (Å²) in [6.45, 7) is 2.10. The van der Waals surface area contributed by atoms with Gasteiger partial charge in [-0.15, -0.1) is 0 Å². The second kappa shape index (κ2) is 10.7. The van der Waals surface area contributed by atoms with Crippen molar-refractivity contribution in [3.8, 4) is 45.9 Å². The Morgan fingerprint density at radius 2 is 1.14 bits per heavy atom. The van der Waals surface area contributed by atoms with Gasteiger partial charge in [-0.25, -0.2) is 13.2 Å². The lowest BCUT2D eigenvalue weighted by atomic mass is 10.0. The minimum absolute atomic E-state index is 0.128. The first-order valence-corrected chi connectivity index (χ1v) is 11.2. The predicted octanol–water partition coefficient (Wildman–Crippen LogP) is 8.31. The maximum Gasteiger partial charge on any atom is 0.458 e. The molecule has 4 aromatic carbocycles. The minimum atomic E-state index is -4.90. The first-order chi connectivity index (χ1) is 17.6. The van der Waals surface area contributed by atoms with Crippen LogP contribution in [-0.2, 0) is 6.42 Å². The smallest absolute Gasteiger partial charge is 0.206 e. The molecule has 0 atom stereocenters. The summed E-state index contributed by atoms with van der Waals surface area (Å²) >= 11 is 0. The van der Waals surface area contributed by atoms with Crippen LogP contribution < -0.4 is 0 Å². The molecule has 0 aliphatic heterocycles. The highest BCUT2D eigenvalue weighted by Crippen LogP contribution is 2.28. The standard InChI is InChI=1S/C31H18F6/c1-2-20-5-10-23(11-6-20)24-12-7-21(8-13-24)3-4-22-9-14-26(28(32)17-22)25-18-29(33)27(30(34)19-25)15-16-31(35,36)37/h5-14,17-19H,2H2,1H3. The first-order valence-electron chi connectivity index (χ1n) is 11.2. The Bertz CT molecular complexity index is 1530. The Hall–Kier alpha value is -4.42. The number of hydrogen-bond donors (Lipinski definition) is 0. The van der Waals surface area contributed by atoms with Gasteiger partial charge in [-0.05, 0) is 65.1 Å². The van der Waals surface area contributed by atoms with Crippen molar-refractivity contribution in [2.24, 2.45) is 0 Å². The van der Waals surface area contributed by atoms with E-state index in [1.807, 2.05) is 24.3 Å². The van der Waals surface area contributed by atoms with Gasteiger partial charge in [0.1, 0.15) is 17.5 Å².